The minimum absolute atomic E-state index is 0.120. The van der Waals surface area contributed by atoms with Crippen molar-refractivity contribution >= 4 is 43.1 Å². The van der Waals surface area contributed by atoms with Gasteiger partial charge in [-0.15, -0.1) is 11.3 Å². The summed E-state index contributed by atoms with van der Waals surface area (Å²) in [5.74, 6) is 0.120. The number of fused-ring (bicyclic) bond motifs is 1. The molecule has 0 bridgehead atoms. The van der Waals surface area contributed by atoms with Crippen LogP contribution >= 0.6 is 27.3 Å². The number of hydrogen-bond acceptors (Lipinski definition) is 2. The minimum atomic E-state index is 0.120. The summed E-state index contributed by atoms with van der Waals surface area (Å²) >= 11 is 5.25. The molecule has 1 nitrogen and oxygen atoms in total. The molecule has 0 atom stereocenters. The number of carbonyl (C=O) groups is 1. The van der Waals surface area contributed by atoms with Gasteiger partial charge in [-0.1, -0.05) is 12.1 Å². The van der Waals surface area contributed by atoms with Crippen LogP contribution in [0.4, 0.5) is 0 Å². The largest absolute Gasteiger partial charge is 0.295 e. The van der Waals surface area contributed by atoms with E-state index in [4.69, 9.17) is 0 Å². The molecule has 2 aromatic rings. The third-order valence-electron chi connectivity index (χ3n) is 2.20. The van der Waals surface area contributed by atoms with Crippen molar-refractivity contribution in [2.75, 3.05) is 0 Å². The van der Waals surface area contributed by atoms with Gasteiger partial charge < -0.3 is 0 Å². The summed E-state index contributed by atoms with van der Waals surface area (Å²) < 4.78 is 2.31. The Morgan fingerprint density at radius 3 is 2.79 bits per heavy atom. The van der Waals surface area contributed by atoms with E-state index in [0.29, 0.717) is 0 Å². The molecule has 1 aromatic carbocycles. The molecule has 0 saturated heterocycles. The van der Waals surface area contributed by atoms with Gasteiger partial charge in [-0.05, 0) is 35.8 Å². The van der Waals surface area contributed by atoms with E-state index >= 15 is 0 Å². The molecule has 2 rings (SSSR count). The highest BCUT2D eigenvalue weighted by Crippen LogP contribution is 2.35. The lowest BCUT2D eigenvalue weighted by Crippen LogP contribution is -1.89. The van der Waals surface area contributed by atoms with Gasteiger partial charge in [-0.2, -0.15) is 0 Å². The number of carbonyl (C=O) groups excluding carboxylic acids is 1. The molecule has 0 amide bonds. The Kier molecular flexibility index (Phi) is 2.45. The molecule has 0 spiro atoms. The Bertz CT molecular complexity index is 513. The Labute approximate surface area is 94.9 Å². The molecule has 0 aliphatic carbocycles. The van der Waals surface area contributed by atoms with E-state index in [1.54, 1.807) is 18.3 Å². The second kappa shape index (κ2) is 3.48. The van der Waals surface area contributed by atoms with Crippen LogP contribution in [0.2, 0.25) is 0 Å². The summed E-state index contributed by atoms with van der Waals surface area (Å²) in [6.07, 6.45) is 0. The number of aryl methyl sites for hydroxylation is 1. The van der Waals surface area contributed by atoms with Gasteiger partial charge in [-0.25, -0.2) is 0 Å². The van der Waals surface area contributed by atoms with Gasteiger partial charge >= 0.3 is 0 Å². The Hall–Kier alpha value is -0.670. The summed E-state index contributed by atoms with van der Waals surface area (Å²) in [4.78, 5) is 12.4. The average Bonchev–Trinajstić information content (AvgIpc) is 2.42. The zero-order valence-electron chi connectivity index (χ0n) is 7.93. The maximum Gasteiger partial charge on any atom is 0.159 e. The Morgan fingerprint density at radius 1 is 1.43 bits per heavy atom. The van der Waals surface area contributed by atoms with E-state index in [9.17, 15) is 4.79 Å². The first-order chi connectivity index (χ1) is 6.59. The van der Waals surface area contributed by atoms with Crippen LogP contribution in [0.15, 0.2) is 22.7 Å². The van der Waals surface area contributed by atoms with E-state index in [2.05, 4.69) is 22.9 Å². The van der Waals surface area contributed by atoms with Crippen LogP contribution in [0.1, 0.15) is 22.2 Å². The third kappa shape index (κ3) is 1.51. The number of thiophene rings is 1. The molecule has 0 aliphatic heterocycles. The van der Waals surface area contributed by atoms with E-state index in [1.165, 1.54) is 15.0 Å². The van der Waals surface area contributed by atoms with Gasteiger partial charge in [-0.3, -0.25) is 4.79 Å². The highest BCUT2D eigenvalue weighted by molar-refractivity contribution is 9.10. The van der Waals surface area contributed by atoms with Crippen molar-refractivity contribution in [1.82, 2.24) is 0 Å². The lowest BCUT2D eigenvalue weighted by molar-refractivity contribution is 0.101. The molecule has 14 heavy (non-hydrogen) atoms. The van der Waals surface area contributed by atoms with Crippen molar-refractivity contribution in [3.63, 3.8) is 0 Å². The van der Waals surface area contributed by atoms with Crippen molar-refractivity contribution in [2.24, 2.45) is 0 Å². The molecule has 72 valence electrons. The number of halogens is 1. The Balaban J connectivity index is 2.73. The van der Waals surface area contributed by atoms with Crippen molar-refractivity contribution < 1.29 is 4.79 Å². The van der Waals surface area contributed by atoms with Crippen LogP contribution in [0.5, 0.6) is 0 Å². The molecule has 0 aliphatic rings. The molecule has 1 aromatic heterocycles. The first-order valence-electron chi connectivity index (χ1n) is 4.29. The zero-order valence-corrected chi connectivity index (χ0v) is 10.3. The number of hydrogen-bond donors (Lipinski definition) is 0. The van der Waals surface area contributed by atoms with Crippen LogP contribution in [0, 0.1) is 6.92 Å². The molecule has 0 unspecified atom stereocenters. The molecular weight excluding hydrogens is 260 g/mol. The fraction of sp³-hybridized carbons (Fsp3) is 0.182. The van der Waals surface area contributed by atoms with Crippen LogP contribution < -0.4 is 0 Å². The van der Waals surface area contributed by atoms with Crippen molar-refractivity contribution in [1.29, 1.82) is 0 Å². The topological polar surface area (TPSA) is 17.1 Å². The smallest absolute Gasteiger partial charge is 0.159 e. The predicted octanol–water partition coefficient (Wildman–Crippen LogP) is 4.17. The van der Waals surface area contributed by atoms with Gasteiger partial charge in [0, 0.05) is 25.0 Å². The normalized spacial score (nSPS) is 10.8. The fourth-order valence-corrected chi connectivity index (χ4v) is 3.12. The third-order valence-corrected chi connectivity index (χ3v) is 4.55. The molecule has 0 saturated carbocycles. The van der Waals surface area contributed by atoms with Crippen molar-refractivity contribution in [3.05, 3.63) is 33.1 Å². The predicted molar refractivity (Wildman–Crippen MR) is 64.3 cm³/mol. The maximum absolute atomic E-state index is 11.2. The minimum Gasteiger partial charge on any atom is -0.295 e. The molecule has 0 fully saturated rings. The standard InChI is InChI=1S/C11H9BrOS/c1-6(13)8-3-4-9-10(5-8)14-7(2)11(9)12/h3-5H,1-2H3. The highest BCUT2D eigenvalue weighted by atomic mass is 79.9. The van der Waals surface area contributed by atoms with E-state index < -0.39 is 0 Å². The van der Waals surface area contributed by atoms with Crippen molar-refractivity contribution in [2.45, 2.75) is 13.8 Å². The summed E-state index contributed by atoms with van der Waals surface area (Å²) in [5, 5.41) is 1.19. The van der Waals surface area contributed by atoms with Gasteiger partial charge in [0.1, 0.15) is 0 Å². The molecule has 3 heteroatoms. The second-order valence-corrected chi connectivity index (χ2v) is 5.29. The van der Waals surface area contributed by atoms with Gasteiger partial charge in [0.25, 0.3) is 0 Å². The molecule has 0 radical (unpaired) electrons. The number of benzene rings is 1. The van der Waals surface area contributed by atoms with Crippen LogP contribution in [-0.4, -0.2) is 5.78 Å². The monoisotopic (exact) mass is 268 g/mol. The lowest BCUT2D eigenvalue weighted by Gasteiger charge is -1.95. The van der Waals surface area contributed by atoms with Crippen LogP contribution in [0.25, 0.3) is 10.1 Å². The average molecular weight is 269 g/mol. The number of ketones is 1. The zero-order chi connectivity index (χ0) is 10.3. The maximum atomic E-state index is 11.2. The van der Waals surface area contributed by atoms with E-state index in [-0.39, 0.29) is 5.78 Å². The summed E-state index contributed by atoms with van der Waals surface area (Å²) in [6, 6.07) is 5.83. The van der Waals surface area contributed by atoms with Gasteiger partial charge in [0.05, 0.1) is 0 Å². The number of rotatable bonds is 1. The van der Waals surface area contributed by atoms with Gasteiger partial charge in [0.15, 0.2) is 5.78 Å². The first-order valence-corrected chi connectivity index (χ1v) is 5.90. The second-order valence-electron chi connectivity index (χ2n) is 3.24. The molecule has 0 N–H and O–H groups in total. The van der Waals surface area contributed by atoms with Gasteiger partial charge in [0.2, 0.25) is 0 Å². The summed E-state index contributed by atoms with van der Waals surface area (Å²) in [7, 11) is 0. The highest BCUT2D eigenvalue weighted by Gasteiger charge is 2.07. The fourth-order valence-electron chi connectivity index (χ4n) is 1.41. The molecule has 1 heterocycles. The SMILES string of the molecule is CC(=O)c1ccc2c(Br)c(C)sc2c1. The van der Waals surface area contributed by atoms with E-state index in [0.717, 1.165) is 10.0 Å². The van der Waals surface area contributed by atoms with E-state index in [1.807, 2.05) is 18.2 Å². The molecular formula is C11H9BrOS. The summed E-state index contributed by atoms with van der Waals surface area (Å²) in [5.41, 5.74) is 0.784. The number of Topliss-reactive ketones (excluding diaryl/α,β-unsaturated/α-hetero) is 1. The van der Waals surface area contributed by atoms with Crippen LogP contribution in [0.3, 0.4) is 0 Å². The quantitative estimate of drug-likeness (QED) is 0.710. The Morgan fingerprint density at radius 2 is 2.14 bits per heavy atom. The van der Waals surface area contributed by atoms with Crippen molar-refractivity contribution in [3.8, 4) is 0 Å². The first kappa shape index (κ1) is 9.87. The van der Waals surface area contributed by atoms with Crippen LogP contribution in [-0.2, 0) is 0 Å². The summed E-state index contributed by atoms with van der Waals surface area (Å²) in [6.45, 7) is 3.67. The lowest BCUT2D eigenvalue weighted by atomic mass is 10.1.